The van der Waals surface area contributed by atoms with E-state index in [1.54, 1.807) is 0 Å². The highest BCUT2D eigenvalue weighted by atomic mass is 35.5. The number of rotatable bonds is 7. The van der Waals surface area contributed by atoms with Gasteiger partial charge in [-0.25, -0.2) is 0 Å². The zero-order valence-electron chi connectivity index (χ0n) is 14.6. The van der Waals surface area contributed by atoms with Crippen molar-refractivity contribution < 1.29 is 14.3 Å². The molecule has 6 nitrogen and oxygen atoms in total. The Kier molecular flexibility index (Phi) is 9.49. The van der Waals surface area contributed by atoms with Crippen molar-refractivity contribution in [2.75, 3.05) is 26.8 Å². The molecule has 0 aromatic heterocycles. The van der Waals surface area contributed by atoms with Crippen molar-refractivity contribution in [1.82, 2.24) is 10.2 Å². The largest absolute Gasteiger partial charge is 0.383 e. The Balaban J connectivity index is 0.00000312. The Morgan fingerprint density at radius 3 is 2.52 bits per heavy atom. The van der Waals surface area contributed by atoms with Crippen molar-refractivity contribution in [3.8, 4) is 0 Å². The van der Waals surface area contributed by atoms with Crippen LogP contribution >= 0.6 is 12.4 Å². The summed E-state index contributed by atoms with van der Waals surface area (Å²) in [5.41, 5.74) is 6.89. The van der Waals surface area contributed by atoms with E-state index in [2.05, 4.69) is 5.32 Å². The molecule has 1 unspecified atom stereocenters. The summed E-state index contributed by atoms with van der Waals surface area (Å²) in [6.07, 6.45) is 2.83. The van der Waals surface area contributed by atoms with Crippen LogP contribution in [-0.2, 0) is 20.7 Å². The molecule has 0 aliphatic carbocycles. The van der Waals surface area contributed by atoms with Crippen molar-refractivity contribution in [2.24, 2.45) is 5.73 Å². The fourth-order valence-corrected chi connectivity index (χ4v) is 2.89. The van der Waals surface area contributed by atoms with Crippen molar-refractivity contribution in [1.29, 1.82) is 0 Å². The topological polar surface area (TPSA) is 84.7 Å². The predicted octanol–water partition coefficient (Wildman–Crippen LogP) is 1.12. The van der Waals surface area contributed by atoms with Crippen LogP contribution in [0.25, 0.3) is 0 Å². The number of aryl methyl sites for hydroxylation is 1. The van der Waals surface area contributed by atoms with Gasteiger partial charge in [-0.2, -0.15) is 0 Å². The van der Waals surface area contributed by atoms with Crippen LogP contribution in [0.4, 0.5) is 0 Å². The first-order chi connectivity index (χ1) is 11.6. The summed E-state index contributed by atoms with van der Waals surface area (Å²) < 4.78 is 4.89. The van der Waals surface area contributed by atoms with Crippen LogP contribution in [0.1, 0.15) is 24.8 Å². The minimum Gasteiger partial charge on any atom is -0.383 e. The molecule has 0 spiro atoms. The Labute approximate surface area is 155 Å². The first-order valence-corrected chi connectivity index (χ1v) is 8.46. The standard InChI is InChI=1S/C18H27N3O3.ClH/c1-24-13-16(19)18(23)20-15-9-11-21(12-10-15)17(22)8-7-14-5-3-2-4-6-14;/h2-6,15-16H,7-13,19H2,1H3,(H,20,23);1H. The first kappa shape index (κ1) is 21.4. The lowest BCUT2D eigenvalue weighted by molar-refractivity contribution is -0.132. The summed E-state index contributed by atoms with van der Waals surface area (Å²) in [5.74, 6) is -0.00887. The maximum Gasteiger partial charge on any atom is 0.239 e. The van der Waals surface area contributed by atoms with Crippen LogP contribution in [0.3, 0.4) is 0 Å². The molecule has 1 fully saturated rings. The van der Waals surface area contributed by atoms with Gasteiger partial charge in [-0.05, 0) is 24.8 Å². The molecule has 1 aromatic carbocycles. The molecule has 0 saturated carbocycles. The van der Waals surface area contributed by atoms with E-state index in [0.717, 1.165) is 19.3 Å². The van der Waals surface area contributed by atoms with Crippen LogP contribution in [0, 0.1) is 0 Å². The van der Waals surface area contributed by atoms with Gasteiger partial charge in [0, 0.05) is 32.7 Å². The van der Waals surface area contributed by atoms with E-state index in [-0.39, 0.29) is 36.9 Å². The summed E-state index contributed by atoms with van der Waals surface area (Å²) in [6.45, 7) is 1.57. The number of amides is 2. The maximum absolute atomic E-state index is 12.3. The Hall–Kier alpha value is -1.63. The highest BCUT2D eigenvalue weighted by molar-refractivity contribution is 5.85. The third-order valence-electron chi connectivity index (χ3n) is 4.35. The van der Waals surface area contributed by atoms with Crippen LogP contribution in [-0.4, -0.2) is 55.6 Å². The molecule has 2 rings (SSSR count). The van der Waals surface area contributed by atoms with Crippen molar-refractivity contribution >= 4 is 24.2 Å². The number of carbonyl (C=O) groups is 2. The SMILES string of the molecule is COCC(N)C(=O)NC1CCN(C(=O)CCc2ccccc2)CC1.Cl. The number of nitrogens with zero attached hydrogens (tertiary/aromatic N) is 1. The Morgan fingerprint density at radius 2 is 1.92 bits per heavy atom. The second-order valence-corrected chi connectivity index (χ2v) is 6.21. The van der Waals surface area contributed by atoms with E-state index in [1.165, 1.54) is 12.7 Å². The molecule has 1 heterocycles. The number of hydrogen-bond acceptors (Lipinski definition) is 4. The summed E-state index contributed by atoms with van der Waals surface area (Å²) in [6, 6.07) is 9.48. The second kappa shape index (κ2) is 11.1. The second-order valence-electron chi connectivity index (χ2n) is 6.21. The third kappa shape index (κ3) is 7.02. The number of piperidine rings is 1. The molecule has 1 atom stereocenters. The lowest BCUT2D eigenvalue weighted by Crippen LogP contribution is -2.51. The number of nitrogens with one attached hydrogen (secondary N) is 1. The van der Waals surface area contributed by atoms with Gasteiger partial charge < -0.3 is 20.7 Å². The predicted molar refractivity (Wildman–Crippen MR) is 99.6 cm³/mol. The zero-order valence-corrected chi connectivity index (χ0v) is 15.5. The molecule has 1 saturated heterocycles. The average Bonchev–Trinajstić information content (AvgIpc) is 2.61. The van der Waals surface area contributed by atoms with Crippen LogP contribution < -0.4 is 11.1 Å². The van der Waals surface area contributed by atoms with Gasteiger partial charge in [-0.3, -0.25) is 9.59 Å². The number of hydrogen-bond donors (Lipinski definition) is 2. The first-order valence-electron chi connectivity index (χ1n) is 8.46. The summed E-state index contributed by atoms with van der Waals surface area (Å²) in [5, 5.41) is 2.94. The number of benzene rings is 1. The van der Waals surface area contributed by atoms with Gasteiger partial charge in [0.15, 0.2) is 0 Å². The highest BCUT2D eigenvalue weighted by Crippen LogP contribution is 2.13. The van der Waals surface area contributed by atoms with E-state index in [9.17, 15) is 9.59 Å². The zero-order chi connectivity index (χ0) is 17.4. The van der Waals surface area contributed by atoms with Crippen LogP contribution in [0.2, 0.25) is 0 Å². The van der Waals surface area contributed by atoms with E-state index in [0.29, 0.717) is 19.5 Å². The molecule has 0 bridgehead atoms. The molecule has 2 amide bonds. The fourth-order valence-electron chi connectivity index (χ4n) is 2.89. The van der Waals surface area contributed by atoms with Gasteiger partial charge in [0.2, 0.25) is 11.8 Å². The Bertz CT molecular complexity index is 534. The molecule has 1 aromatic rings. The van der Waals surface area contributed by atoms with Gasteiger partial charge >= 0.3 is 0 Å². The molecule has 140 valence electrons. The molecule has 1 aliphatic rings. The van der Waals surface area contributed by atoms with Gasteiger partial charge in [-0.15, -0.1) is 12.4 Å². The molecular weight excluding hydrogens is 342 g/mol. The van der Waals surface area contributed by atoms with E-state index in [4.69, 9.17) is 10.5 Å². The van der Waals surface area contributed by atoms with E-state index >= 15 is 0 Å². The number of nitrogens with two attached hydrogens (primary N) is 1. The Morgan fingerprint density at radius 1 is 1.28 bits per heavy atom. The summed E-state index contributed by atoms with van der Waals surface area (Å²) in [4.78, 5) is 26.1. The maximum atomic E-state index is 12.3. The number of likely N-dealkylation sites (tertiary alicyclic amines) is 1. The monoisotopic (exact) mass is 369 g/mol. The quantitative estimate of drug-likeness (QED) is 0.754. The normalized spacial score (nSPS) is 16.0. The fraction of sp³-hybridized carbons (Fsp3) is 0.556. The third-order valence-corrected chi connectivity index (χ3v) is 4.35. The average molecular weight is 370 g/mol. The number of carbonyl (C=O) groups excluding carboxylic acids is 2. The van der Waals surface area contributed by atoms with Gasteiger partial charge in [-0.1, -0.05) is 30.3 Å². The molecule has 7 heteroatoms. The number of halogens is 1. The van der Waals surface area contributed by atoms with E-state index < -0.39 is 6.04 Å². The van der Waals surface area contributed by atoms with Crippen molar-refractivity contribution in [3.05, 3.63) is 35.9 Å². The van der Waals surface area contributed by atoms with Crippen molar-refractivity contribution in [2.45, 2.75) is 37.8 Å². The molecule has 0 radical (unpaired) electrons. The minimum atomic E-state index is -0.638. The molecular formula is C18H28ClN3O3. The lowest BCUT2D eigenvalue weighted by atomic mass is 10.0. The molecule has 3 N–H and O–H groups in total. The highest BCUT2D eigenvalue weighted by Gasteiger charge is 2.25. The van der Waals surface area contributed by atoms with Gasteiger partial charge in [0.1, 0.15) is 6.04 Å². The van der Waals surface area contributed by atoms with Gasteiger partial charge in [0.05, 0.1) is 6.61 Å². The minimum absolute atomic E-state index is 0. The number of methoxy groups -OCH3 is 1. The van der Waals surface area contributed by atoms with Crippen molar-refractivity contribution in [3.63, 3.8) is 0 Å². The van der Waals surface area contributed by atoms with Gasteiger partial charge in [0.25, 0.3) is 0 Å². The van der Waals surface area contributed by atoms with Crippen LogP contribution in [0.15, 0.2) is 30.3 Å². The van der Waals surface area contributed by atoms with Crippen LogP contribution in [0.5, 0.6) is 0 Å². The molecule has 25 heavy (non-hydrogen) atoms. The lowest BCUT2D eigenvalue weighted by Gasteiger charge is -2.33. The molecule has 1 aliphatic heterocycles. The summed E-state index contributed by atoms with van der Waals surface area (Å²) >= 11 is 0. The summed E-state index contributed by atoms with van der Waals surface area (Å²) in [7, 11) is 1.52. The van der Waals surface area contributed by atoms with E-state index in [1.807, 2.05) is 35.2 Å². The number of ether oxygens (including phenoxy) is 1. The smallest absolute Gasteiger partial charge is 0.239 e.